The molecule has 1 aromatic rings. The van der Waals surface area contributed by atoms with E-state index in [2.05, 4.69) is 29.1 Å². The van der Waals surface area contributed by atoms with Crippen LogP contribution < -0.4 is 5.32 Å². The zero-order chi connectivity index (χ0) is 13.2. The van der Waals surface area contributed by atoms with E-state index in [9.17, 15) is 4.79 Å². The van der Waals surface area contributed by atoms with Crippen molar-refractivity contribution >= 4 is 5.78 Å². The number of hydrogen-bond acceptors (Lipinski definition) is 4. The maximum Gasteiger partial charge on any atom is 0.159 e. The van der Waals surface area contributed by atoms with Gasteiger partial charge in [-0.1, -0.05) is 20.3 Å². The number of nitrogens with one attached hydrogen (secondary N) is 1. The third kappa shape index (κ3) is 2.43. The second-order valence-corrected chi connectivity index (χ2v) is 5.69. The molecule has 0 saturated heterocycles. The zero-order valence-electron chi connectivity index (χ0n) is 11.3. The van der Waals surface area contributed by atoms with Gasteiger partial charge in [0.05, 0.1) is 17.7 Å². The first-order valence-corrected chi connectivity index (χ1v) is 6.53. The van der Waals surface area contributed by atoms with E-state index in [4.69, 9.17) is 0 Å². The zero-order valence-corrected chi connectivity index (χ0v) is 11.3. The number of likely N-dealkylation sites (N-methyl/N-ethyl adjacent to an activating group) is 1. The standard InChI is InChI=1S/C14H21N3O/c1-14(2)6-4-5-10(12(18)13(14)15-3)11-9-16-7-8-17-11/h7-10,13,15H,4-6H2,1-3H3. The lowest BCUT2D eigenvalue weighted by Gasteiger charge is -2.32. The van der Waals surface area contributed by atoms with Gasteiger partial charge in [0, 0.05) is 18.6 Å². The molecule has 4 heteroatoms. The van der Waals surface area contributed by atoms with Crippen LogP contribution in [0.4, 0.5) is 0 Å². The van der Waals surface area contributed by atoms with Crippen molar-refractivity contribution in [3.05, 3.63) is 24.3 Å². The molecule has 0 amide bonds. The van der Waals surface area contributed by atoms with Crippen LogP contribution in [0.15, 0.2) is 18.6 Å². The molecule has 0 aromatic carbocycles. The Morgan fingerprint density at radius 2 is 2.17 bits per heavy atom. The Balaban J connectivity index is 2.31. The summed E-state index contributed by atoms with van der Waals surface area (Å²) in [5.41, 5.74) is 0.809. The highest BCUT2D eigenvalue weighted by atomic mass is 16.1. The molecule has 1 saturated carbocycles. The van der Waals surface area contributed by atoms with Crippen LogP contribution in [-0.4, -0.2) is 28.8 Å². The van der Waals surface area contributed by atoms with Crippen LogP contribution in [0.2, 0.25) is 0 Å². The number of carbonyl (C=O) groups is 1. The number of rotatable bonds is 2. The Kier molecular flexibility index (Phi) is 3.76. The smallest absolute Gasteiger partial charge is 0.159 e. The summed E-state index contributed by atoms with van der Waals surface area (Å²) in [7, 11) is 1.86. The highest BCUT2D eigenvalue weighted by molar-refractivity contribution is 5.91. The highest BCUT2D eigenvalue weighted by Gasteiger charge is 2.40. The minimum atomic E-state index is -0.113. The van der Waals surface area contributed by atoms with E-state index in [1.54, 1.807) is 18.6 Å². The number of hydrogen-bond donors (Lipinski definition) is 1. The van der Waals surface area contributed by atoms with E-state index in [0.29, 0.717) is 0 Å². The molecular weight excluding hydrogens is 226 g/mol. The normalized spacial score (nSPS) is 27.8. The summed E-state index contributed by atoms with van der Waals surface area (Å²) < 4.78 is 0. The van der Waals surface area contributed by atoms with Crippen molar-refractivity contribution in [3.63, 3.8) is 0 Å². The molecule has 2 atom stereocenters. The summed E-state index contributed by atoms with van der Waals surface area (Å²) in [4.78, 5) is 21.0. The molecule has 1 heterocycles. The van der Waals surface area contributed by atoms with Crippen LogP contribution in [0.5, 0.6) is 0 Å². The average Bonchev–Trinajstić information content (AvgIpc) is 2.46. The topological polar surface area (TPSA) is 54.9 Å². The largest absolute Gasteiger partial charge is 0.310 e. The maximum atomic E-state index is 12.7. The molecule has 1 N–H and O–H groups in total. The van der Waals surface area contributed by atoms with Gasteiger partial charge in [-0.15, -0.1) is 0 Å². The Morgan fingerprint density at radius 1 is 1.39 bits per heavy atom. The lowest BCUT2D eigenvalue weighted by molar-refractivity contribution is -0.124. The summed E-state index contributed by atoms with van der Waals surface area (Å²) >= 11 is 0. The van der Waals surface area contributed by atoms with Gasteiger partial charge < -0.3 is 5.32 Å². The minimum Gasteiger partial charge on any atom is -0.310 e. The Labute approximate surface area is 108 Å². The number of aromatic nitrogens is 2. The van der Waals surface area contributed by atoms with Crippen molar-refractivity contribution < 1.29 is 4.79 Å². The number of nitrogens with zero attached hydrogens (tertiary/aromatic N) is 2. The minimum absolute atomic E-state index is 0.00277. The molecule has 2 unspecified atom stereocenters. The van der Waals surface area contributed by atoms with Crippen LogP contribution in [-0.2, 0) is 4.79 Å². The molecule has 2 rings (SSSR count). The lowest BCUT2D eigenvalue weighted by Crippen LogP contribution is -2.46. The third-order valence-electron chi connectivity index (χ3n) is 3.95. The van der Waals surface area contributed by atoms with Gasteiger partial charge in [-0.25, -0.2) is 0 Å². The summed E-state index contributed by atoms with van der Waals surface area (Å²) in [6, 6.07) is -0.105. The van der Waals surface area contributed by atoms with Crippen LogP contribution in [0.1, 0.15) is 44.7 Å². The molecule has 1 fully saturated rings. The average molecular weight is 247 g/mol. The number of Topliss-reactive ketones (excluding diaryl/α,β-unsaturated/α-hetero) is 1. The van der Waals surface area contributed by atoms with Crippen molar-refractivity contribution in [1.29, 1.82) is 0 Å². The summed E-state index contributed by atoms with van der Waals surface area (Å²) in [6.45, 7) is 4.32. The maximum absolute atomic E-state index is 12.7. The van der Waals surface area contributed by atoms with Crippen LogP contribution in [0.3, 0.4) is 0 Å². The Hall–Kier alpha value is -1.29. The molecule has 18 heavy (non-hydrogen) atoms. The molecule has 0 radical (unpaired) electrons. The quantitative estimate of drug-likeness (QED) is 0.811. The predicted octanol–water partition coefficient (Wildman–Crippen LogP) is 1.93. The molecule has 0 bridgehead atoms. The fraction of sp³-hybridized carbons (Fsp3) is 0.643. The van der Waals surface area contributed by atoms with Gasteiger partial charge in [0.2, 0.25) is 0 Å². The first-order chi connectivity index (χ1) is 8.56. The molecule has 1 aliphatic carbocycles. The van der Waals surface area contributed by atoms with Gasteiger partial charge in [-0.2, -0.15) is 0 Å². The lowest BCUT2D eigenvalue weighted by atomic mass is 9.79. The molecule has 1 aromatic heterocycles. The van der Waals surface area contributed by atoms with E-state index in [1.165, 1.54) is 0 Å². The van der Waals surface area contributed by atoms with E-state index >= 15 is 0 Å². The second-order valence-electron chi connectivity index (χ2n) is 5.69. The molecular formula is C14H21N3O. The first kappa shape index (κ1) is 13.1. The fourth-order valence-electron chi connectivity index (χ4n) is 2.95. The van der Waals surface area contributed by atoms with Crippen molar-refractivity contribution in [2.24, 2.45) is 5.41 Å². The Morgan fingerprint density at radius 3 is 2.78 bits per heavy atom. The SMILES string of the molecule is CNC1C(=O)C(c2cnccn2)CCCC1(C)C. The molecule has 1 aliphatic rings. The van der Waals surface area contributed by atoms with Gasteiger partial charge in [0.25, 0.3) is 0 Å². The van der Waals surface area contributed by atoms with Crippen molar-refractivity contribution in [2.45, 2.75) is 45.1 Å². The van der Waals surface area contributed by atoms with Gasteiger partial charge in [0.15, 0.2) is 5.78 Å². The van der Waals surface area contributed by atoms with E-state index in [-0.39, 0.29) is 23.2 Å². The summed E-state index contributed by atoms with van der Waals surface area (Å²) in [5.74, 6) is 0.137. The summed E-state index contributed by atoms with van der Waals surface area (Å²) in [6.07, 6.45) is 8.00. The third-order valence-corrected chi connectivity index (χ3v) is 3.95. The van der Waals surface area contributed by atoms with E-state index in [0.717, 1.165) is 25.0 Å². The van der Waals surface area contributed by atoms with Gasteiger partial charge in [-0.05, 0) is 25.3 Å². The highest BCUT2D eigenvalue weighted by Crippen LogP contribution is 2.37. The first-order valence-electron chi connectivity index (χ1n) is 6.53. The van der Waals surface area contributed by atoms with E-state index in [1.807, 2.05) is 7.05 Å². The monoisotopic (exact) mass is 247 g/mol. The molecule has 0 spiro atoms. The van der Waals surface area contributed by atoms with E-state index < -0.39 is 0 Å². The molecule has 0 aliphatic heterocycles. The summed E-state index contributed by atoms with van der Waals surface area (Å²) in [5, 5.41) is 3.19. The Bertz CT molecular complexity index is 416. The van der Waals surface area contributed by atoms with Crippen LogP contribution >= 0.6 is 0 Å². The van der Waals surface area contributed by atoms with Crippen LogP contribution in [0, 0.1) is 5.41 Å². The molecule has 4 nitrogen and oxygen atoms in total. The number of ketones is 1. The van der Waals surface area contributed by atoms with Gasteiger partial charge in [-0.3, -0.25) is 14.8 Å². The predicted molar refractivity (Wildman–Crippen MR) is 70.3 cm³/mol. The molecule has 98 valence electrons. The number of carbonyl (C=O) groups excluding carboxylic acids is 1. The van der Waals surface area contributed by atoms with Crippen LogP contribution in [0.25, 0.3) is 0 Å². The second kappa shape index (κ2) is 5.14. The van der Waals surface area contributed by atoms with Gasteiger partial charge >= 0.3 is 0 Å². The van der Waals surface area contributed by atoms with Crippen molar-refractivity contribution in [2.75, 3.05) is 7.05 Å². The van der Waals surface area contributed by atoms with Crippen molar-refractivity contribution in [3.8, 4) is 0 Å². The fourth-order valence-corrected chi connectivity index (χ4v) is 2.95. The van der Waals surface area contributed by atoms with Crippen molar-refractivity contribution in [1.82, 2.24) is 15.3 Å². The van der Waals surface area contributed by atoms with Gasteiger partial charge in [0.1, 0.15) is 0 Å².